The predicted molar refractivity (Wildman–Crippen MR) is 90.6 cm³/mol. The van der Waals surface area contributed by atoms with Gasteiger partial charge in [0.1, 0.15) is 5.82 Å². The molecule has 1 aromatic heterocycles. The third-order valence-corrected chi connectivity index (χ3v) is 4.55. The van der Waals surface area contributed by atoms with E-state index in [-0.39, 0.29) is 17.8 Å². The average molecular weight is 327 g/mol. The number of nitrogens with one attached hydrogen (secondary N) is 1. The number of hydrogen-bond donors (Lipinski definition) is 1. The number of halogens is 1. The van der Waals surface area contributed by atoms with Gasteiger partial charge < -0.3 is 5.32 Å². The number of benzene rings is 1. The van der Waals surface area contributed by atoms with Crippen LogP contribution in [-0.4, -0.2) is 28.9 Å². The van der Waals surface area contributed by atoms with Gasteiger partial charge in [0.05, 0.1) is 6.54 Å². The lowest BCUT2D eigenvalue weighted by Gasteiger charge is -2.27. The summed E-state index contributed by atoms with van der Waals surface area (Å²) in [7, 11) is 0. The molecule has 2 heterocycles. The highest BCUT2D eigenvalue weighted by Crippen LogP contribution is 2.36. The van der Waals surface area contributed by atoms with Crippen LogP contribution in [0.1, 0.15) is 30.5 Å². The average Bonchev–Trinajstić information content (AvgIpc) is 2.94. The summed E-state index contributed by atoms with van der Waals surface area (Å²) in [5.74, 6) is 0.153. The summed E-state index contributed by atoms with van der Waals surface area (Å²) >= 11 is 0. The quantitative estimate of drug-likeness (QED) is 0.918. The van der Waals surface area contributed by atoms with Crippen LogP contribution < -0.4 is 5.32 Å². The van der Waals surface area contributed by atoms with Crippen LogP contribution in [0.15, 0.2) is 48.8 Å². The molecule has 24 heavy (non-hydrogen) atoms. The largest absolute Gasteiger partial charge is 0.351 e. The SMILES string of the molecule is C[C@@H]1CCN(CC(=O)NCc2cccnc2)[C@H]1c1cccc(F)c1. The van der Waals surface area contributed by atoms with Gasteiger partial charge in [-0.05, 0) is 48.2 Å². The van der Waals surface area contributed by atoms with E-state index in [0.717, 1.165) is 24.1 Å². The van der Waals surface area contributed by atoms with Crippen LogP contribution in [0.25, 0.3) is 0 Å². The van der Waals surface area contributed by atoms with Crippen LogP contribution in [0.2, 0.25) is 0 Å². The third kappa shape index (κ3) is 3.97. The fourth-order valence-corrected chi connectivity index (χ4v) is 3.38. The van der Waals surface area contributed by atoms with Crippen molar-refractivity contribution in [3.8, 4) is 0 Å². The van der Waals surface area contributed by atoms with Crippen LogP contribution in [0.4, 0.5) is 4.39 Å². The van der Waals surface area contributed by atoms with E-state index in [1.807, 2.05) is 18.2 Å². The molecule has 2 aromatic rings. The molecule has 0 saturated carbocycles. The highest BCUT2D eigenvalue weighted by atomic mass is 19.1. The van der Waals surface area contributed by atoms with Crippen LogP contribution in [-0.2, 0) is 11.3 Å². The molecule has 1 aliphatic heterocycles. The van der Waals surface area contributed by atoms with E-state index < -0.39 is 0 Å². The van der Waals surface area contributed by atoms with Crippen molar-refractivity contribution in [1.29, 1.82) is 0 Å². The third-order valence-electron chi connectivity index (χ3n) is 4.55. The van der Waals surface area contributed by atoms with Crippen LogP contribution >= 0.6 is 0 Å². The number of likely N-dealkylation sites (tertiary alicyclic amines) is 1. The topological polar surface area (TPSA) is 45.2 Å². The number of hydrogen-bond acceptors (Lipinski definition) is 3. The van der Waals surface area contributed by atoms with E-state index in [1.54, 1.807) is 24.5 Å². The summed E-state index contributed by atoms with van der Waals surface area (Å²) in [6, 6.07) is 10.6. The summed E-state index contributed by atoms with van der Waals surface area (Å²) in [6.45, 7) is 3.80. The van der Waals surface area contributed by atoms with Crippen molar-refractivity contribution in [2.45, 2.75) is 25.9 Å². The number of aromatic nitrogens is 1. The van der Waals surface area contributed by atoms with E-state index in [0.29, 0.717) is 19.0 Å². The number of nitrogens with zero attached hydrogens (tertiary/aromatic N) is 2. The molecule has 1 aliphatic rings. The number of rotatable bonds is 5. The lowest BCUT2D eigenvalue weighted by molar-refractivity contribution is -0.122. The lowest BCUT2D eigenvalue weighted by Crippen LogP contribution is -2.37. The second-order valence-electron chi connectivity index (χ2n) is 6.37. The first kappa shape index (κ1) is 16.6. The molecule has 0 unspecified atom stereocenters. The first-order valence-corrected chi connectivity index (χ1v) is 8.28. The van der Waals surface area contributed by atoms with Gasteiger partial charge in [0.25, 0.3) is 0 Å². The molecule has 5 heteroatoms. The van der Waals surface area contributed by atoms with Crippen molar-refractivity contribution in [3.63, 3.8) is 0 Å². The van der Waals surface area contributed by atoms with Crippen molar-refractivity contribution in [2.24, 2.45) is 5.92 Å². The monoisotopic (exact) mass is 327 g/mol. The van der Waals surface area contributed by atoms with Crippen LogP contribution in [0.3, 0.4) is 0 Å². The molecular weight excluding hydrogens is 305 g/mol. The van der Waals surface area contributed by atoms with Gasteiger partial charge in [-0.15, -0.1) is 0 Å². The minimum absolute atomic E-state index is 0.0191. The molecule has 4 nitrogen and oxygen atoms in total. The zero-order valence-corrected chi connectivity index (χ0v) is 13.8. The fraction of sp³-hybridized carbons (Fsp3) is 0.368. The second-order valence-corrected chi connectivity index (χ2v) is 6.37. The Labute approximate surface area is 141 Å². The summed E-state index contributed by atoms with van der Waals surface area (Å²) in [6.07, 6.45) is 4.46. The number of carbonyl (C=O) groups excluding carboxylic acids is 1. The van der Waals surface area contributed by atoms with Gasteiger partial charge in [0.15, 0.2) is 0 Å². The Morgan fingerprint density at radius 1 is 1.38 bits per heavy atom. The molecule has 1 aromatic carbocycles. The first-order valence-electron chi connectivity index (χ1n) is 8.28. The number of carbonyl (C=O) groups is 1. The summed E-state index contributed by atoms with van der Waals surface area (Å²) in [5, 5.41) is 2.93. The van der Waals surface area contributed by atoms with Crippen molar-refractivity contribution < 1.29 is 9.18 Å². The smallest absolute Gasteiger partial charge is 0.234 e. The maximum Gasteiger partial charge on any atom is 0.234 e. The minimum atomic E-state index is -0.229. The molecule has 0 spiro atoms. The Morgan fingerprint density at radius 2 is 2.25 bits per heavy atom. The fourth-order valence-electron chi connectivity index (χ4n) is 3.38. The highest BCUT2D eigenvalue weighted by molar-refractivity contribution is 5.78. The molecule has 1 N–H and O–H groups in total. The summed E-state index contributed by atoms with van der Waals surface area (Å²) in [4.78, 5) is 18.5. The maximum atomic E-state index is 13.5. The van der Waals surface area contributed by atoms with Gasteiger partial charge in [-0.1, -0.05) is 25.1 Å². The van der Waals surface area contributed by atoms with Crippen molar-refractivity contribution in [1.82, 2.24) is 15.2 Å². The van der Waals surface area contributed by atoms with Gasteiger partial charge in [-0.25, -0.2) is 4.39 Å². The normalized spacial score (nSPS) is 20.9. The predicted octanol–water partition coefficient (Wildman–Crippen LogP) is 2.92. The molecule has 0 bridgehead atoms. The standard InChI is InChI=1S/C19H22FN3O/c1-14-7-9-23(19(14)16-5-2-6-17(20)10-16)13-18(24)22-12-15-4-3-8-21-11-15/h2-6,8,10-11,14,19H,7,9,12-13H2,1H3,(H,22,24)/t14-,19-/m1/s1. The van der Waals surface area contributed by atoms with Gasteiger partial charge in [0, 0.05) is 25.0 Å². The Hall–Kier alpha value is -2.27. The molecule has 1 amide bonds. The van der Waals surface area contributed by atoms with E-state index in [9.17, 15) is 9.18 Å². The number of amides is 1. The van der Waals surface area contributed by atoms with Gasteiger partial charge in [-0.3, -0.25) is 14.7 Å². The maximum absolute atomic E-state index is 13.5. The van der Waals surface area contributed by atoms with E-state index >= 15 is 0 Å². The zero-order chi connectivity index (χ0) is 16.9. The van der Waals surface area contributed by atoms with Crippen molar-refractivity contribution in [3.05, 3.63) is 65.7 Å². The van der Waals surface area contributed by atoms with E-state index in [4.69, 9.17) is 0 Å². The van der Waals surface area contributed by atoms with Crippen LogP contribution in [0, 0.1) is 11.7 Å². The first-order chi connectivity index (χ1) is 11.6. The second kappa shape index (κ2) is 7.53. The van der Waals surface area contributed by atoms with E-state index in [1.165, 1.54) is 6.07 Å². The minimum Gasteiger partial charge on any atom is -0.351 e. The Bertz CT molecular complexity index is 692. The molecule has 1 fully saturated rings. The van der Waals surface area contributed by atoms with Gasteiger partial charge in [-0.2, -0.15) is 0 Å². The van der Waals surface area contributed by atoms with Crippen LogP contribution in [0.5, 0.6) is 0 Å². The molecule has 126 valence electrons. The summed E-state index contributed by atoms with van der Waals surface area (Å²) < 4.78 is 13.5. The Morgan fingerprint density at radius 3 is 3.00 bits per heavy atom. The molecule has 3 rings (SSSR count). The molecular formula is C19H22FN3O. The van der Waals surface area contributed by atoms with Gasteiger partial charge >= 0.3 is 0 Å². The Balaban J connectivity index is 1.62. The van der Waals surface area contributed by atoms with Gasteiger partial charge in [0.2, 0.25) is 5.91 Å². The molecule has 0 aliphatic carbocycles. The molecule has 2 atom stereocenters. The zero-order valence-electron chi connectivity index (χ0n) is 13.8. The lowest BCUT2D eigenvalue weighted by atomic mass is 9.95. The summed E-state index contributed by atoms with van der Waals surface area (Å²) in [5.41, 5.74) is 1.92. The van der Waals surface area contributed by atoms with Crippen molar-refractivity contribution in [2.75, 3.05) is 13.1 Å². The highest BCUT2D eigenvalue weighted by Gasteiger charge is 2.33. The number of pyridine rings is 1. The van der Waals surface area contributed by atoms with E-state index in [2.05, 4.69) is 22.1 Å². The molecule has 0 radical (unpaired) electrons. The Kier molecular flexibility index (Phi) is 5.20. The molecule has 1 saturated heterocycles. The van der Waals surface area contributed by atoms with Crippen molar-refractivity contribution >= 4 is 5.91 Å².